The van der Waals surface area contributed by atoms with Crippen LogP contribution in [0.15, 0.2) is 47.8 Å². The predicted molar refractivity (Wildman–Crippen MR) is 126 cm³/mol. The highest BCUT2D eigenvalue weighted by molar-refractivity contribution is 7.98. The fourth-order valence-electron chi connectivity index (χ4n) is 3.92. The predicted octanol–water partition coefficient (Wildman–Crippen LogP) is 4.30. The normalized spacial score (nSPS) is 15.8. The summed E-state index contributed by atoms with van der Waals surface area (Å²) in [5, 5.41) is 4.23. The SMILES string of the molecule is CSc1nccc(-c2cc(Cl)c3c(c2)C[C@@H](CNC(=O)CCc2ccc4c(c2)OCO4)O3)n1. The van der Waals surface area contributed by atoms with Crippen LogP contribution in [0, 0.1) is 0 Å². The summed E-state index contributed by atoms with van der Waals surface area (Å²) in [5.74, 6) is 2.13. The number of fused-ring (bicyclic) bond motifs is 2. The number of ether oxygens (including phenoxy) is 3. The van der Waals surface area contributed by atoms with Gasteiger partial charge >= 0.3 is 0 Å². The number of benzene rings is 2. The Morgan fingerprint density at radius 3 is 2.97 bits per heavy atom. The summed E-state index contributed by atoms with van der Waals surface area (Å²) >= 11 is 8.00. The molecule has 5 rings (SSSR count). The largest absolute Gasteiger partial charge is 0.486 e. The number of hydrogen-bond acceptors (Lipinski definition) is 7. The third-order valence-corrected chi connectivity index (χ3v) is 6.41. The molecule has 2 aliphatic rings. The Hall–Kier alpha value is -2.97. The molecule has 0 radical (unpaired) electrons. The van der Waals surface area contributed by atoms with Crippen LogP contribution in [0.3, 0.4) is 0 Å². The van der Waals surface area contributed by atoms with Crippen molar-refractivity contribution in [3.63, 3.8) is 0 Å². The molecule has 0 bridgehead atoms. The van der Waals surface area contributed by atoms with Crippen molar-refractivity contribution < 1.29 is 19.0 Å². The molecule has 0 spiro atoms. The highest BCUT2D eigenvalue weighted by Gasteiger charge is 2.26. The Morgan fingerprint density at radius 2 is 2.09 bits per heavy atom. The van der Waals surface area contributed by atoms with Gasteiger partial charge in [0, 0.05) is 30.2 Å². The zero-order chi connectivity index (χ0) is 22.8. The molecule has 1 N–H and O–H groups in total. The zero-order valence-corrected chi connectivity index (χ0v) is 19.5. The van der Waals surface area contributed by atoms with E-state index in [-0.39, 0.29) is 18.8 Å². The zero-order valence-electron chi connectivity index (χ0n) is 18.0. The number of halogens is 1. The van der Waals surface area contributed by atoms with Crippen molar-refractivity contribution in [1.82, 2.24) is 15.3 Å². The van der Waals surface area contributed by atoms with E-state index in [1.54, 1.807) is 6.20 Å². The van der Waals surface area contributed by atoms with E-state index in [1.807, 2.05) is 36.6 Å². The summed E-state index contributed by atoms with van der Waals surface area (Å²) in [5.41, 5.74) is 3.79. The molecule has 0 fully saturated rings. The van der Waals surface area contributed by atoms with Gasteiger partial charge in [-0.1, -0.05) is 29.4 Å². The van der Waals surface area contributed by atoms with Gasteiger partial charge in [-0.3, -0.25) is 4.79 Å². The van der Waals surface area contributed by atoms with Crippen molar-refractivity contribution >= 4 is 29.3 Å². The molecule has 33 heavy (non-hydrogen) atoms. The average molecular weight is 484 g/mol. The van der Waals surface area contributed by atoms with Crippen molar-refractivity contribution in [1.29, 1.82) is 0 Å². The van der Waals surface area contributed by atoms with Gasteiger partial charge in [0.2, 0.25) is 12.7 Å². The molecule has 1 aromatic heterocycles. The minimum atomic E-state index is -0.158. The topological polar surface area (TPSA) is 82.6 Å². The maximum Gasteiger partial charge on any atom is 0.231 e. The van der Waals surface area contributed by atoms with Gasteiger partial charge in [-0.15, -0.1) is 0 Å². The lowest BCUT2D eigenvalue weighted by molar-refractivity contribution is -0.121. The van der Waals surface area contributed by atoms with E-state index in [9.17, 15) is 4.79 Å². The Labute approximate surface area is 200 Å². The second kappa shape index (κ2) is 9.49. The van der Waals surface area contributed by atoms with E-state index in [4.69, 9.17) is 25.8 Å². The second-order valence-electron chi connectivity index (χ2n) is 7.81. The minimum Gasteiger partial charge on any atom is -0.486 e. The Bertz CT molecular complexity index is 1210. The monoisotopic (exact) mass is 483 g/mol. The van der Waals surface area contributed by atoms with Crippen LogP contribution in [0.4, 0.5) is 0 Å². The van der Waals surface area contributed by atoms with Crippen LogP contribution >= 0.6 is 23.4 Å². The van der Waals surface area contributed by atoms with Crippen LogP contribution in [-0.4, -0.2) is 41.6 Å². The highest BCUT2D eigenvalue weighted by Crippen LogP contribution is 2.39. The molecule has 170 valence electrons. The summed E-state index contributed by atoms with van der Waals surface area (Å²) < 4.78 is 16.7. The number of hydrogen-bond donors (Lipinski definition) is 1. The Kier molecular flexibility index (Phi) is 6.28. The quantitative estimate of drug-likeness (QED) is 0.396. The number of thioether (sulfide) groups is 1. The van der Waals surface area contributed by atoms with Crippen molar-refractivity contribution in [3.8, 4) is 28.5 Å². The lowest BCUT2D eigenvalue weighted by Crippen LogP contribution is -2.34. The van der Waals surface area contributed by atoms with Crippen LogP contribution in [0.5, 0.6) is 17.2 Å². The van der Waals surface area contributed by atoms with Gasteiger partial charge in [-0.05, 0) is 48.6 Å². The van der Waals surface area contributed by atoms with E-state index in [0.717, 1.165) is 33.9 Å². The Balaban J connectivity index is 1.16. The molecule has 0 saturated heterocycles. The minimum absolute atomic E-state index is 0.0235. The number of rotatable bonds is 7. The molecule has 2 aliphatic heterocycles. The van der Waals surface area contributed by atoms with Crippen LogP contribution in [0.1, 0.15) is 17.5 Å². The molecule has 0 aliphatic carbocycles. The molecule has 2 aromatic carbocycles. The van der Waals surface area contributed by atoms with Crippen LogP contribution < -0.4 is 19.5 Å². The van der Waals surface area contributed by atoms with Gasteiger partial charge in [0.1, 0.15) is 11.9 Å². The van der Waals surface area contributed by atoms with Gasteiger partial charge < -0.3 is 19.5 Å². The first-order valence-corrected chi connectivity index (χ1v) is 12.2. The van der Waals surface area contributed by atoms with Crippen molar-refractivity contribution in [3.05, 3.63) is 58.7 Å². The van der Waals surface area contributed by atoms with Crippen LogP contribution in [0.25, 0.3) is 11.3 Å². The number of amides is 1. The average Bonchev–Trinajstić information content (AvgIpc) is 3.48. The lowest BCUT2D eigenvalue weighted by Gasteiger charge is -2.12. The fourth-order valence-corrected chi connectivity index (χ4v) is 4.56. The van der Waals surface area contributed by atoms with E-state index in [0.29, 0.717) is 41.7 Å². The van der Waals surface area contributed by atoms with Gasteiger partial charge in [0.25, 0.3) is 0 Å². The van der Waals surface area contributed by atoms with Crippen LogP contribution in [-0.2, 0) is 17.6 Å². The van der Waals surface area contributed by atoms with Crippen molar-refractivity contribution in [2.24, 2.45) is 0 Å². The molecule has 9 heteroatoms. The third kappa shape index (κ3) is 4.86. The number of carbonyl (C=O) groups is 1. The van der Waals surface area contributed by atoms with Gasteiger partial charge in [-0.2, -0.15) is 0 Å². The summed E-state index contributed by atoms with van der Waals surface area (Å²) in [4.78, 5) is 21.2. The van der Waals surface area contributed by atoms with Crippen molar-refractivity contribution in [2.75, 3.05) is 19.6 Å². The first-order valence-electron chi connectivity index (χ1n) is 10.6. The maximum absolute atomic E-state index is 12.4. The molecule has 7 nitrogen and oxygen atoms in total. The van der Waals surface area contributed by atoms with E-state index >= 15 is 0 Å². The van der Waals surface area contributed by atoms with Gasteiger partial charge in [0.15, 0.2) is 16.7 Å². The van der Waals surface area contributed by atoms with E-state index in [2.05, 4.69) is 21.4 Å². The van der Waals surface area contributed by atoms with Crippen molar-refractivity contribution in [2.45, 2.75) is 30.5 Å². The molecule has 0 unspecified atom stereocenters. The highest BCUT2D eigenvalue weighted by atomic mass is 35.5. The number of nitrogens with zero attached hydrogens (tertiary/aromatic N) is 2. The number of carbonyl (C=O) groups excluding carboxylic acids is 1. The molecule has 1 amide bonds. The molecule has 0 saturated carbocycles. The molecule has 3 heterocycles. The summed E-state index contributed by atoms with van der Waals surface area (Å²) in [7, 11) is 0. The summed E-state index contributed by atoms with van der Waals surface area (Å²) in [6.07, 6.45) is 5.21. The first-order chi connectivity index (χ1) is 16.1. The van der Waals surface area contributed by atoms with Gasteiger partial charge in [-0.25, -0.2) is 9.97 Å². The number of nitrogens with one attached hydrogen (secondary N) is 1. The van der Waals surface area contributed by atoms with E-state index in [1.165, 1.54) is 11.8 Å². The maximum atomic E-state index is 12.4. The van der Waals surface area contributed by atoms with Gasteiger partial charge in [0.05, 0.1) is 17.3 Å². The molecular weight excluding hydrogens is 462 g/mol. The van der Waals surface area contributed by atoms with Crippen LogP contribution in [0.2, 0.25) is 5.02 Å². The smallest absolute Gasteiger partial charge is 0.231 e. The van der Waals surface area contributed by atoms with E-state index < -0.39 is 0 Å². The fraction of sp³-hybridized carbons (Fsp3) is 0.292. The number of aryl methyl sites for hydroxylation is 1. The molecular formula is C24H22ClN3O4S. The standard InChI is InChI=1S/C24H22ClN3O4S/c1-33-24-26-7-6-19(28-24)15-9-16-10-17(32-23(16)18(25)11-15)12-27-22(29)5-3-14-2-4-20-21(8-14)31-13-30-20/h2,4,6-9,11,17H,3,5,10,12-13H2,1H3,(H,27,29)/t17-/m0/s1. The molecule has 1 atom stereocenters. The lowest BCUT2D eigenvalue weighted by atomic mass is 10.0. The number of aromatic nitrogens is 2. The Morgan fingerprint density at radius 1 is 1.21 bits per heavy atom. The molecule has 3 aromatic rings. The summed E-state index contributed by atoms with van der Waals surface area (Å²) in [6, 6.07) is 11.5. The summed E-state index contributed by atoms with van der Waals surface area (Å²) in [6.45, 7) is 0.664. The first kappa shape index (κ1) is 21.9. The second-order valence-corrected chi connectivity index (χ2v) is 8.99. The third-order valence-electron chi connectivity index (χ3n) is 5.57.